The molecule has 0 aliphatic carbocycles. The molecule has 0 saturated heterocycles. The summed E-state index contributed by atoms with van der Waals surface area (Å²) in [5, 5.41) is 7.91. The van der Waals surface area contributed by atoms with Crippen molar-refractivity contribution in [2.75, 3.05) is 0 Å². The van der Waals surface area contributed by atoms with Crippen LogP contribution in [0, 0.1) is 0 Å². The largest absolute Gasteiger partial charge is 0.456 e. The molecule has 11 rings (SSSR count). The van der Waals surface area contributed by atoms with Gasteiger partial charge in [0.15, 0.2) is 0 Å². The van der Waals surface area contributed by atoms with Crippen molar-refractivity contribution in [2.24, 2.45) is 0 Å². The van der Waals surface area contributed by atoms with Gasteiger partial charge in [-0.15, -0.1) is 0 Å². The lowest BCUT2D eigenvalue weighted by Crippen LogP contribution is -2.21. The fourth-order valence-electron chi connectivity index (χ4n) is 8.34. The van der Waals surface area contributed by atoms with E-state index in [-0.39, 0.29) is 0 Å². The molecule has 2 nitrogen and oxygen atoms in total. The predicted octanol–water partition coefficient (Wildman–Crippen LogP) is 10.8. The maximum Gasteiger partial charge on any atom is 0.135 e. The Kier molecular flexibility index (Phi) is 6.15. The Labute approximate surface area is 297 Å². The molecule has 2 aromatic heterocycles. The second-order valence-electron chi connectivity index (χ2n) is 13.7. The number of rotatable bonds is 4. The van der Waals surface area contributed by atoms with E-state index in [0.29, 0.717) is 0 Å². The highest BCUT2D eigenvalue weighted by atomic mass is 28.2. The number of hydrogen-bond donors (Lipinski definition) is 0. The quantitative estimate of drug-likeness (QED) is 0.171. The summed E-state index contributed by atoms with van der Waals surface area (Å²) >= 11 is 0. The number of benzene rings is 8. The third kappa shape index (κ3) is 4.49. The lowest BCUT2D eigenvalue weighted by Gasteiger charge is -2.11. The average Bonchev–Trinajstić information content (AvgIpc) is 3.86. The minimum absolute atomic E-state index is 0.678. The van der Waals surface area contributed by atoms with Gasteiger partial charge in [-0.2, -0.15) is 0 Å². The van der Waals surface area contributed by atoms with E-state index in [1.54, 1.807) is 0 Å². The molecule has 51 heavy (non-hydrogen) atoms. The predicted molar refractivity (Wildman–Crippen MR) is 218 cm³/mol. The topological polar surface area (TPSA) is 18.1 Å². The summed E-state index contributed by atoms with van der Waals surface area (Å²) in [5.41, 5.74) is 15.8. The Hall–Kier alpha value is -6.42. The molecule has 0 saturated carbocycles. The summed E-state index contributed by atoms with van der Waals surface area (Å²) in [5.74, 6) is 0. The summed E-state index contributed by atoms with van der Waals surface area (Å²) in [6.07, 6.45) is 0. The second kappa shape index (κ2) is 11.0. The summed E-state index contributed by atoms with van der Waals surface area (Å²) in [6.45, 7) is 0. The van der Waals surface area contributed by atoms with E-state index in [0.717, 1.165) is 11.2 Å². The van der Waals surface area contributed by atoms with Crippen LogP contribution in [0.5, 0.6) is 0 Å². The minimum atomic E-state index is -0.678. The second-order valence-corrected chi connectivity index (χ2v) is 15.6. The molecule has 0 bridgehead atoms. The molecule has 0 spiro atoms. The number of nitrogens with zero attached hydrogens (tertiary/aromatic N) is 1. The fraction of sp³-hybridized carbons (Fsp3) is 0. The highest BCUT2D eigenvalue weighted by Gasteiger charge is 2.22. The molecule has 10 aromatic rings. The smallest absolute Gasteiger partial charge is 0.135 e. The molecule has 0 unspecified atom stereocenters. The van der Waals surface area contributed by atoms with E-state index in [1.807, 2.05) is 12.1 Å². The fourth-order valence-corrected chi connectivity index (χ4v) is 10.4. The van der Waals surface area contributed by atoms with Gasteiger partial charge < -0.3 is 8.98 Å². The monoisotopic (exact) mass is 665 g/mol. The Morgan fingerprint density at radius 3 is 1.57 bits per heavy atom. The standard InChI is InChI=1S/C48H31NOSi/c1-3-9-30(10-4-1)32-16-22-43-40(25-32)41-26-33(31-11-5-2-6-12-31)17-23-44(41)49(43)36-19-21-39-38-20-15-35(28-47(38)51-48(39)29-36)34-18-24-46-42(27-34)37-13-7-8-14-45(37)50-46/h1-29H,51H2. The van der Waals surface area contributed by atoms with Crippen LogP contribution in [0.2, 0.25) is 0 Å². The van der Waals surface area contributed by atoms with Crippen LogP contribution >= 0.6 is 0 Å². The third-order valence-electron chi connectivity index (χ3n) is 10.8. The van der Waals surface area contributed by atoms with Crippen LogP contribution in [0.25, 0.3) is 93.9 Å². The molecular weight excluding hydrogens is 635 g/mol. The van der Waals surface area contributed by atoms with Crippen molar-refractivity contribution >= 4 is 63.6 Å². The number of aromatic nitrogens is 1. The van der Waals surface area contributed by atoms with Crippen LogP contribution in [0.3, 0.4) is 0 Å². The summed E-state index contributed by atoms with van der Waals surface area (Å²) in [7, 11) is -0.678. The molecule has 0 atom stereocenters. The van der Waals surface area contributed by atoms with Gasteiger partial charge >= 0.3 is 0 Å². The van der Waals surface area contributed by atoms with Gasteiger partial charge in [-0.25, -0.2) is 0 Å². The third-order valence-corrected chi connectivity index (χ3v) is 12.7. The van der Waals surface area contributed by atoms with E-state index in [4.69, 9.17) is 4.42 Å². The zero-order chi connectivity index (χ0) is 33.5. The van der Waals surface area contributed by atoms with Gasteiger partial charge in [-0.1, -0.05) is 132 Å². The summed E-state index contributed by atoms with van der Waals surface area (Å²) in [4.78, 5) is 0. The maximum atomic E-state index is 6.11. The average molecular weight is 666 g/mol. The van der Waals surface area contributed by atoms with E-state index >= 15 is 0 Å². The summed E-state index contributed by atoms with van der Waals surface area (Å²) < 4.78 is 8.59. The van der Waals surface area contributed by atoms with Gasteiger partial charge in [0.1, 0.15) is 11.2 Å². The molecule has 1 aliphatic rings. The van der Waals surface area contributed by atoms with Crippen molar-refractivity contribution in [1.82, 2.24) is 4.57 Å². The Bertz CT molecular complexity index is 2890. The highest BCUT2D eigenvalue weighted by Crippen LogP contribution is 2.38. The first-order chi connectivity index (χ1) is 25.2. The van der Waals surface area contributed by atoms with Crippen molar-refractivity contribution in [1.29, 1.82) is 0 Å². The number of furan rings is 1. The van der Waals surface area contributed by atoms with E-state index in [9.17, 15) is 0 Å². The number of hydrogen-bond acceptors (Lipinski definition) is 1. The molecule has 238 valence electrons. The molecule has 3 heteroatoms. The lowest BCUT2D eigenvalue weighted by atomic mass is 9.99. The van der Waals surface area contributed by atoms with Crippen molar-refractivity contribution in [3.8, 4) is 50.2 Å². The van der Waals surface area contributed by atoms with Crippen LogP contribution < -0.4 is 10.4 Å². The molecule has 8 aromatic carbocycles. The van der Waals surface area contributed by atoms with Gasteiger partial charge in [0, 0.05) is 27.2 Å². The number of para-hydroxylation sites is 1. The zero-order valence-electron chi connectivity index (χ0n) is 27.8. The molecule has 0 fully saturated rings. The van der Waals surface area contributed by atoms with E-state index < -0.39 is 9.52 Å². The Balaban J connectivity index is 1.02. The van der Waals surface area contributed by atoms with Gasteiger partial charge in [0.2, 0.25) is 0 Å². The Morgan fingerprint density at radius 1 is 0.353 bits per heavy atom. The zero-order valence-corrected chi connectivity index (χ0v) is 29.2. The normalized spacial score (nSPS) is 12.7. The molecule has 0 N–H and O–H groups in total. The molecule has 1 aliphatic heterocycles. The first-order valence-electron chi connectivity index (χ1n) is 17.6. The van der Waals surface area contributed by atoms with E-state index in [2.05, 4.69) is 168 Å². The molecule has 3 heterocycles. The van der Waals surface area contributed by atoms with Crippen LogP contribution in [-0.4, -0.2) is 14.1 Å². The van der Waals surface area contributed by atoms with Gasteiger partial charge in [-0.3, -0.25) is 0 Å². The van der Waals surface area contributed by atoms with E-state index in [1.165, 1.54) is 93.1 Å². The highest BCUT2D eigenvalue weighted by molar-refractivity contribution is 6.73. The van der Waals surface area contributed by atoms with Crippen LogP contribution in [0.4, 0.5) is 0 Å². The summed E-state index contributed by atoms with van der Waals surface area (Å²) in [6, 6.07) is 64.5. The van der Waals surface area contributed by atoms with Gasteiger partial charge in [-0.05, 0) is 99.1 Å². The van der Waals surface area contributed by atoms with Crippen molar-refractivity contribution in [2.45, 2.75) is 0 Å². The maximum absolute atomic E-state index is 6.11. The first kappa shape index (κ1) is 28.4. The van der Waals surface area contributed by atoms with Crippen LogP contribution in [0.15, 0.2) is 180 Å². The lowest BCUT2D eigenvalue weighted by molar-refractivity contribution is 0.669. The molecule has 0 amide bonds. The van der Waals surface area contributed by atoms with Crippen LogP contribution in [-0.2, 0) is 0 Å². The van der Waals surface area contributed by atoms with Gasteiger partial charge in [0.25, 0.3) is 0 Å². The van der Waals surface area contributed by atoms with Crippen LogP contribution in [0.1, 0.15) is 0 Å². The van der Waals surface area contributed by atoms with Crippen molar-refractivity contribution in [3.05, 3.63) is 176 Å². The van der Waals surface area contributed by atoms with Crippen molar-refractivity contribution in [3.63, 3.8) is 0 Å². The minimum Gasteiger partial charge on any atom is -0.456 e. The SMILES string of the molecule is c1ccc(-c2ccc3c(c2)c2cc(-c4ccccc4)ccc2n3-c2ccc3c(c2)[SiH2]c2cc(-c4ccc5oc6ccccc6c5c4)ccc2-3)cc1. The molecule has 0 radical (unpaired) electrons. The van der Waals surface area contributed by atoms with Gasteiger partial charge in [0.05, 0.1) is 20.6 Å². The first-order valence-corrected chi connectivity index (χ1v) is 19.0. The molecular formula is C48H31NOSi. The van der Waals surface area contributed by atoms with Crippen molar-refractivity contribution < 1.29 is 4.42 Å². The Morgan fingerprint density at radius 2 is 0.863 bits per heavy atom. The number of fused-ring (bicyclic) bond motifs is 9.